The van der Waals surface area contributed by atoms with Crippen LogP contribution in [0.1, 0.15) is 72.8 Å². The maximum atomic E-state index is 13.2. The normalized spacial score (nSPS) is 12.8. The van der Waals surface area contributed by atoms with Gasteiger partial charge in [-0.05, 0) is 67.2 Å². The third-order valence-electron chi connectivity index (χ3n) is 3.37. The van der Waals surface area contributed by atoms with Gasteiger partial charge in [0.25, 0.3) is 5.91 Å². The number of nitrogens with zero attached hydrogens (tertiary/aromatic N) is 3. The van der Waals surface area contributed by atoms with Crippen LogP contribution in [0.4, 0.5) is 10.6 Å². The van der Waals surface area contributed by atoms with Crippen molar-refractivity contribution in [2.24, 2.45) is 0 Å². The van der Waals surface area contributed by atoms with E-state index in [1.165, 1.54) is 0 Å². The van der Waals surface area contributed by atoms with E-state index in [1.807, 2.05) is 0 Å². The molecule has 200 valence electrons. The van der Waals surface area contributed by atoms with Gasteiger partial charge in [0.05, 0.1) is 17.3 Å². The minimum Gasteiger partial charge on any atom is -0.444 e. The van der Waals surface area contributed by atoms with Crippen LogP contribution in [0, 0.1) is 10.1 Å². The molecule has 0 aromatic carbocycles. The average Bonchev–Trinajstić information content (AvgIpc) is 3.03. The van der Waals surface area contributed by atoms with Crippen molar-refractivity contribution in [1.82, 2.24) is 20.4 Å². The Morgan fingerprint density at radius 2 is 1.51 bits per heavy atom. The third-order valence-corrected chi connectivity index (χ3v) is 5.34. The molecule has 15 heteroatoms. The SMILES string of the molecule is CC(C)(C)OC(=O)NCCNC(=O)c1cc([N+](=O)[O-])n(COP(=O)(OC(C)(C)C)OC(C)(C)C)n1. The minimum atomic E-state index is -4.17. The van der Waals surface area contributed by atoms with Crippen LogP contribution in [0.3, 0.4) is 0 Å². The topological polar surface area (TPSA) is 173 Å². The van der Waals surface area contributed by atoms with Gasteiger partial charge in [-0.1, -0.05) is 5.10 Å². The average molecular weight is 522 g/mol. The van der Waals surface area contributed by atoms with Crippen LogP contribution < -0.4 is 10.6 Å². The summed E-state index contributed by atoms with van der Waals surface area (Å²) in [5.41, 5.74) is -2.76. The molecule has 1 rings (SSSR count). The van der Waals surface area contributed by atoms with Gasteiger partial charge in [0, 0.05) is 13.1 Å². The van der Waals surface area contributed by atoms with Gasteiger partial charge < -0.3 is 25.5 Å². The zero-order valence-electron chi connectivity index (χ0n) is 21.7. The number of aromatic nitrogens is 2. The Labute approximate surface area is 204 Å². The molecule has 0 radical (unpaired) electrons. The Morgan fingerprint density at radius 3 is 1.97 bits per heavy atom. The van der Waals surface area contributed by atoms with Gasteiger partial charge in [-0.15, -0.1) is 4.68 Å². The molecule has 2 amide bonds. The van der Waals surface area contributed by atoms with E-state index in [1.54, 1.807) is 62.3 Å². The number of rotatable bonds is 10. The second-order valence-electron chi connectivity index (χ2n) is 10.4. The molecular formula is C20H36N5O9P. The molecule has 14 nitrogen and oxygen atoms in total. The Hall–Kier alpha value is -2.54. The molecule has 35 heavy (non-hydrogen) atoms. The lowest BCUT2D eigenvalue weighted by Gasteiger charge is -2.30. The van der Waals surface area contributed by atoms with E-state index in [2.05, 4.69) is 15.7 Å². The number of carbonyl (C=O) groups excluding carboxylic acids is 2. The van der Waals surface area contributed by atoms with Gasteiger partial charge in [-0.3, -0.25) is 13.8 Å². The van der Waals surface area contributed by atoms with E-state index >= 15 is 0 Å². The number of ether oxygens (including phenoxy) is 1. The summed E-state index contributed by atoms with van der Waals surface area (Å²) >= 11 is 0. The quantitative estimate of drug-likeness (QED) is 0.200. The maximum absolute atomic E-state index is 13.2. The molecular weight excluding hydrogens is 485 g/mol. The Balaban J connectivity index is 2.87. The van der Waals surface area contributed by atoms with Gasteiger partial charge in [0.1, 0.15) is 5.60 Å². The number of carbonyl (C=O) groups is 2. The van der Waals surface area contributed by atoms with Crippen molar-refractivity contribution >= 4 is 25.6 Å². The van der Waals surface area contributed by atoms with E-state index in [-0.39, 0.29) is 18.8 Å². The van der Waals surface area contributed by atoms with Crippen LogP contribution in [-0.4, -0.2) is 56.6 Å². The van der Waals surface area contributed by atoms with Gasteiger partial charge in [-0.25, -0.2) is 13.9 Å². The first-order valence-electron chi connectivity index (χ1n) is 10.8. The van der Waals surface area contributed by atoms with Crippen LogP contribution in [0.2, 0.25) is 0 Å². The molecule has 0 unspecified atom stereocenters. The fraction of sp³-hybridized carbons (Fsp3) is 0.750. The van der Waals surface area contributed by atoms with Crippen LogP contribution in [0.25, 0.3) is 0 Å². The molecule has 0 saturated carbocycles. The molecule has 1 aromatic heterocycles. The molecule has 0 aliphatic carbocycles. The monoisotopic (exact) mass is 521 g/mol. The summed E-state index contributed by atoms with van der Waals surface area (Å²) in [7, 11) is -4.17. The lowest BCUT2D eigenvalue weighted by Crippen LogP contribution is -2.38. The van der Waals surface area contributed by atoms with E-state index < -0.39 is 54.1 Å². The van der Waals surface area contributed by atoms with Crippen molar-refractivity contribution in [1.29, 1.82) is 0 Å². The van der Waals surface area contributed by atoms with E-state index in [0.717, 1.165) is 10.7 Å². The van der Waals surface area contributed by atoms with Crippen LogP contribution >= 0.6 is 7.82 Å². The second-order valence-corrected chi connectivity index (χ2v) is 12.0. The van der Waals surface area contributed by atoms with Crippen molar-refractivity contribution in [3.8, 4) is 0 Å². The minimum absolute atomic E-state index is 0.0171. The van der Waals surface area contributed by atoms with E-state index in [0.29, 0.717) is 0 Å². The standard InChI is InChI=1S/C20H36N5O9P/c1-18(2,3)32-17(27)22-11-10-21-16(26)14-12-15(25(28)29)24(23-14)13-31-35(30,33-19(4,5)6)34-20(7,8)9/h12H,10-11,13H2,1-9H3,(H,21,26)(H,22,27). The predicted molar refractivity (Wildman–Crippen MR) is 126 cm³/mol. The number of hydrogen-bond donors (Lipinski definition) is 2. The van der Waals surface area contributed by atoms with Gasteiger partial charge in [0.2, 0.25) is 6.73 Å². The Kier molecular flexibility index (Phi) is 9.99. The summed E-state index contributed by atoms with van der Waals surface area (Å²) in [6, 6.07) is 0.945. The summed E-state index contributed by atoms with van der Waals surface area (Å²) < 4.78 is 35.3. The fourth-order valence-corrected chi connectivity index (χ4v) is 4.11. The highest BCUT2D eigenvalue weighted by Gasteiger charge is 2.38. The smallest absolute Gasteiger partial charge is 0.444 e. The molecule has 0 fully saturated rings. The first kappa shape index (κ1) is 30.5. The summed E-state index contributed by atoms with van der Waals surface area (Å²) in [6.45, 7) is 14.4. The highest BCUT2D eigenvalue weighted by atomic mass is 31.2. The maximum Gasteiger partial charge on any atom is 0.479 e. The molecule has 0 aliphatic rings. The zero-order valence-corrected chi connectivity index (χ0v) is 22.6. The summed E-state index contributed by atoms with van der Waals surface area (Å²) in [5.74, 6) is -1.29. The largest absolute Gasteiger partial charge is 0.479 e. The fourth-order valence-electron chi connectivity index (χ4n) is 2.37. The summed E-state index contributed by atoms with van der Waals surface area (Å²) in [6.07, 6.45) is -0.650. The lowest BCUT2D eigenvalue weighted by atomic mass is 10.2. The van der Waals surface area contributed by atoms with Crippen molar-refractivity contribution in [2.45, 2.75) is 85.8 Å². The van der Waals surface area contributed by atoms with Gasteiger partial charge in [0.15, 0.2) is 5.69 Å². The molecule has 0 bridgehead atoms. The third kappa shape index (κ3) is 12.1. The molecule has 1 aromatic rings. The second kappa shape index (κ2) is 11.5. The van der Waals surface area contributed by atoms with E-state index in [9.17, 15) is 24.3 Å². The van der Waals surface area contributed by atoms with E-state index in [4.69, 9.17) is 18.3 Å². The van der Waals surface area contributed by atoms with Crippen molar-refractivity contribution in [3.05, 3.63) is 21.9 Å². The van der Waals surface area contributed by atoms with Gasteiger partial charge >= 0.3 is 19.7 Å². The van der Waals surface area contributed by atoms with Crippen LogP contribution in [-0.2, 0) is 29.6 Å². The van der Waals surface area contributed by atoms with Crippen molar-refractivity contribution < 1.29 is 37.4 Å². The van der Waals surface area contributed by atoms with Crippen molar-refractivity contribution in [3.63, 3.8) is 0 Å². The highest BCUT2D eigenvalue weighted by Crippen LogP contribution is 2.55. The number of phosphoric acid groups is 1. The number of amides is 2. The number of phosphoric ester groups is 1. The summed E-state index contributed by atoms with van der Waals surface area (Å²) in [4.78, 5) is 34.7. The number of alkyl carbamates (subject to hydrolysis) is 1. The Bertz CT molecular complexity index is 938. The lowest BCUT2D eigenvalue weighted by molar-refractivity contribution is -0.393. The molecule has 1 heterocycles. The zero-order chi connectivity index (χ0) is 27.2. The summed E-state index contributed by atoms with van der Waals surface area (Å²) in [5, 5.41) is 20.3. The molecule has 0 aliphatic heterocycles. The van der Waals surface area contributed by atoms with Crippen LogP contribution in [0.5, 0.6) is 0 Å². The molecule has 0 spiro atoms. The first-order valence-corrected chi connectivity index (χ1v) is 12.3. The Morgan fingerprint density at radius 1 is 1.00 bits per heavy atom. The molecule has 2 N–H and O–H groups in total. The molecule has 0 atom stereocenters. The number of nitro groups is 1. The first-order chi connectivity index (χ1) is 15.7. The highest BCUT2D eigenvalue weighted by molar-refractivity contribution is 7.48. The molecule has 0 saturated heterocycles. The number of nitrogens with one attached hydrogen (secondary N) is 2. The van der Waals surface area contributed by atoms with Crippen LogP contribution in [0.15, 0.2) is 6.07 Å². The van der Waals surface area contributed by atoms with Gasteiger partial charge in [-0.2, -0.15) is 0 Å². The van der Waals surface area contributed by atoms with Crippen molar-refractivity contribution in [2.75, 3.05) is 13.1 Å². The number of hydrogen-bond acceptors (Lipinski definition) is 10. The predicted octanol–water partition coefficient (Wildman–Crippen LogP) is 3.76.